The van der Waals surface area contributed by atoms with Crippen LogP contribution in [-0.4, -0.2) is 39.6 Å². The standard InChI is InChI=1S/C21H26N2O5/c1-4-5-12-27-19-11-6-16(13-20(19)26-3)14-22-23-21(24)15-28-18-9-7-17(25-2)8-10-18/h6-11,13-14H,4-5,12,15H2,1-3H3,(H,23,24)/b22-14+. The van der Waals surface area contributed by atoms with E-state index < -0.39 is 0 Å². The summed E-state index contributed by atoms with van der Waals surface area (Å²) >= 11 is 0. The molecule has 2 aromatic rings. The highest BCUT2D eigenvalue weighted by Crippen LogP contribution is 2.27. The minimum Gasteiger partial charge on any atom is -0.497 e. The number of nitrogens with one attached hydrogen (secondary N) is 1. The van der Waals surface area contributed by atoms with Gasteiger partial charge in [-0.25, -0.2) is 5.43 Å². The van der Waals surface area contributed by atoms with Gasteiger partial charge >= 0.3 is 0 Å². The van der Waals surface area contributed by atoms with E-state index in [4.69, 9.17) is 18.9 Å². The molecule has 7 nitrogen and oxygen atoms in total. The van der Waals surface area contributed by atoms with Gasteiger partial charge in [-0.2, -0.15) is 5.10 Å². The zero-order chi connectivity index (χ0) is 20.2. The molecule has 28 heavy (non-hydrogen) atoms. The lowest BCUT2D eigenvalue weighted by Crippen LogP contribution is -2.24. The van der Waals surface area contributed by atoms with Crippen LogP contribution in [0.2, 0.25) is 0 Å². The molecular formula is C21H26N2O5. The molecule has 0 atom stereocenters. The SMILES string of the molecule is CCCCOc1ccc(/C=N/NC(=O)COc2ccc(OC)cc2)cc1OC. The average Bonchev–Trinajstić information content (AvgIpc) is 2.73. The highest BCUT2D eigenvalue weighted by Gasteiger charge is 2.05. The number of carbonyl (C=O) groups is 1. The van der Waals surface area contributed by atoms with Crippen molar-refractivity contribution in [2.75, 3.05) is 27.4 Å². The summed E-state index contributed by atoms with van der Waals surface area (Å²) in [6.07, 6.45) is 3.58. The van der Waals surface area contributed by atoms with Crippen LogP contribution < -0.4 is 24.4 Å². The second-order valence-electron chi connectivity index (χ2n) is 5.87. The molecule has 150 valence electrons. The first-order valence-corrected chi connectivity index (χ1v) is 9.06. The number of nitrogens with zero attached hydrogens (tertiary/aromatic N) is 1. The second-order valence-corrected chi connectivity index (χ2v) is 5.87. The monoisotopic (exact) mass is 386 g/mol. The van der Waals surface area contributed by atoms with Crippen molar-refractivity contribution in [2.45, 2.75) is 19.8 Å². The van der Waals surface area contributed by atoms with Gasteiger partial charge in [0.05, 0.1) is 27.0 Å². The van der Waals surface area contributed by atoms with Crippen molar-refractivity contribution < 1.29 is 23.7 Å². The third-order valence-electron chi connectivity index (χ3n) is 3.78. The van der Waals surface area contributed by atoms with Gasteiger partial charge in [0, 0.05) is 0 Å². The zero-order valence-corrected chi connectivity index (χ0v) is 16.4. The Bertz CT molecular complexity index is 775. The third kappa shape index (κ3) is 6.83. The molecule has 0 aliphatic carbocycles. The van der Waals surface area contributed by atoms with Gasteiger partial charge in [-0.1, -0.05) is 13.3 Å². The number of unbranched alkanes of at least 4 members (excludes halogenated alkanes) is 1. The number of amides is 1. The van der Waals surface area contributed by atoms with Crippen molar-refractivity contribution in [1.29, 1.82) is 0 Å². The topological polar surface area (TPSA) is 78.4 Å². The van der Waals surface area contributed by atoms with Gasteiger partial charge in [0.25, 0.3) is 5.91 Å². The number of ether oxygens (including phenoxy) is 4. The predicted octanol–water partition coefficient (Wildman–Crippen LogP) is 3.41. The van der Waals surface area contributed by atoms with Crippen LogP contribution in [0.3, 0.4) is 0 Å². The van der Waals surface area contributed by atoms with Crippen molar-refractivity contribution in [2.24, 2.45) is 5.10 Å². The van der Waals surface area contributed by atoms with Crippen molar-refractivity contribution in [1.82, 2.24) is 5.43 Å². The van der Waals surface area contributed by atoms with Gasteiger partial charge in [0.1, 0.15) is 11.5 Å². The summed E-state index contributed by atoms with van der Waals surface area (Å²) in [5.74, 6) is 2.24. The lowest BCUT2D eigenvalue weighted by Gasteiger charge is -2.10. The van der Waals surface area contributed by atoms with E-state index in [-0.39, 0.29) is 12.5 Å². The summed E-state index contributed by atoms with van der Waals surface area (Å²) < 4.78 is 21.5. The van der Waals surface area contributed by atoms with Crippen LogP contribution in [0.4, 0.5) is 0 Å². The number of carbonyl (C=O) groups excluding carboxylic acids is 1. The first kappa shape index (κ1) is 21.1. The van der Waals surface area contributed by atoms with Crippen molar-refractivity contribution in [3.05, 3.63) is 48.0 Å². The quantitative estimate of drug-likeness (QED) is 0.364. The predicted molar refractivity (Wildman–Crippen MR) is 108 cm³/mol. The van der Waals surface area contributed by atoms with E-state index in [9.17, 15) is 4.79 Å². The van der Waals surface area contributed by atoms with Gasteiger partial charge in [0.2, 0.25) is 0 Å². The Morgan fingerprint density at radius 1 is 1.00 bits per heavy atom. The van der Waals surface area contributed by atoms with Crippen molar-refractivity contribution in [3.8, 4) is 23.0 Å². The fourth-order valence-corrected chi connectivity index (χ4v) is 2.24. The van der Waals surface area contributed by atoms with E-state index in [0.29, 0.717) is 23.9 Å². The van der Waals surface area contributed by atoms with Gasteiger partial charge in [-0.3, -0.25) is 4.79 Å². The molecule has 0 aromatic heterocycles. The van der Waals surface area contributed by atoms with Crippen LogP contribution >= 0.6 is 0 Å². The average molecular weight is 386 g/mol. The molecule has 2 aromatic carbocycles. The Morgan fingerprint density at radius 2 is 1.75 bits per heavy atom. The molecule has 0 saturated carbocycles. The van der Waals surface area contributed by atoms with E-state index in [0.717, 1.165) is 24.2 Å². The first-order valence-electron chi connectivity index (χ1n) is 9.06. The zero-order valence-electron chi connectivity index (χ0n) is 16.4. The van der Waals surface area contributed by atoms with Gasteiger partial charge in [0.15, 0.2) is 18.1 Å². The molecule has 0 saturated heterocycles. The summed E-state index contributed by atoms with van der Waals surface area (Å²) in [5.41, 5.74) is 3.20. The van der Waals surface area contributed by atoms with Crippen molar-refractivity contribution in [3.63, 3.8) is 0 Å². The molecule has 0 radical (unpaired) electrons. The fourth-order valence-electron chi connectivity index (χ4n) is 2.24. The maximum absolute atomic E-state index is 11.8. The maximum Gasteiger partial charge on any atom is 0.277 e. The largest absolute Gasteiger partial charge is 0.497 e. The van der Waals surface area contributed by atoms with Crippen LogP contribution in [0.5, 0.6) is 23.0 Å². The molecule has 7 heteroatoms. The minimum absolute atomic E-state index is 0.142. The summed E-state index contributed by atoms with van der Waals surface area (Å²) in [6, 6.07) is 12.4. The summed E-state index contributed by atoms with van der Waals surface area (Å²) in [4.78, 5) is 11.8. The summed E-state index contributed by atoms with van der Waals surface area (Å²) in [7, 11) is 3.17. The van der Waals surface area contributed by atoms with E-state index in [1.807, 2.05) is 12.1 Å². The molecule has 1 amide bonds. The van der Waals surface area contributed by atoms with Crippen LogP contribution in [0.15, 0.2) is 47.6 Å². The normalized spacial score (nSPS) is 10.5. The van der Waals surface area contributed by atoms with Crippen LogP contribution in [-0.2, 0) is 4.79 Å². The molecule has 0 bridgehead atoms. The lowest BCUT2D eigenvalue weighted by molar-refractivity contribution is -0.123. The summed E-state index contributed by atoms with van der Waals surface area (Å²) in [5, 5.41) is 3.94. The molecule has 0 fully saturated rings. The van der Waals surface area contributed by atoms with Crippen LogP contribution in [0.1, 0.15) is 25.3 Å². The maximum atomic E-state index is 11.8. The van der Waals surface area contributed by atoms with E-state index >= 15 is 0 Å². The number of methoxy groups -OCH3 is 2. The highest BCUT2D eigenvalue weighted by atomic mass is 16.5. The van der Waals surface area contributed by atoms with Crippen LogP contribution in [0.25, 0.3) is 0 Å². The van der Waals surface area contributed by atoms with Crippen molar-refractivity contribution >= 4 is 12.1 Å². The van der Waals surface area contributed by atoms with Gasteiger partial charge < -0.3 is 18.9 Å². The van der Waals surface area contributed by atoms with E-state index in [1.165, 1.54) is 6.21 Å². The second kappa shape index (κ2) is 11.5. The minimum atomic E-state index is -0.362. The van der Waals surface area contributed by atoms with E-state index in [1.54, 1.807) is 44.6 Å². The number of rotatable bonds is 11. The molecular weight excluding hydrogens is 360 g/mol. The molecule has 0 heterocycles. The molecule has 0 spiro atoms. The lowest BCUT2D eigenvalue weighted by atomic mass is 10.2. The smallest absolute Gasteiger partial charge is 0.277 e. The Labute approximate surface area is 165 Å². The first-order chi connectivity index (χ1) is 13.7. The summed E-state index contributed by atoms with van der Waals surface area (Å²) in [6.45, 7) is 2.61. The number of benzene rings is 2. The van der Waals surface area contributed by atoms with Gasteiger partial charge in [-0.05, 0) is 54.4 Å². The molecule has 0 aliphatic heterocycles. The fraction of sp³-hybridized carbons (Fsp3) is 0.333. The Kier molecular flexibility index (Phi) is 8.65. The Balaban J connectivity index is 1.82. The Hall–Kier alpha value is -3.22. The third-order valence-corrected chi connectivity index (χ3v) is 3.78. The molecule has 1 N–H and O–H groups in total. The number of hydrogen-bond donors (Lipinski definition) is 1. The molecule has 2 rings (SSSR count). The van der Waals surface area contributed by atoms with Crippen LogP contribution in [0, 0.1) is 0 Å². The van der Waals surface area contributed by atoms with Gasteiger partial charge in [-0.15, -0.1) is 0 Å². The number of hydrazone groups is 1. The molecule has 0 aliphatic rings. The molecule has 0 unspecified atom stereocenters. The Morgan fingerprint density at radius 3 is 2.43 bits per heavy atom. The van der Waals surface area contributed by atoms with E-state index in [2.05, 4.69) is 17.5 Å². The highest BCUT2D eigenvalue weighted by molar-refractivity contribution is 5.83. The number of hydrogen-bond acceptors (Lipinski definition) is 6.